The summed E-state index contributed by atoms with van der Waals surface area (Å²) in [6, 6.07) is 0.476. The van der Waals surface area contributed by atoms with Gasteiger partial charge in [-0.15, -0.1) is 11.3 Å². The Morgan fingerprint density at radius 3 is 2.86 bits per heavy atom. The Morgan fingerprint density at radius 1 is 1.48 bits per heavy atom. The fraction of sp³-hybridized carbons (Fsp3) is 0.750. The van der Waals surface area contributed by atoms with E-state index in [-0.39, 0.29) is 11.9 Å². The number of carbonyl (C=O) groups excluding carboxylic acids is 1. The van der Waals surface area contributed by atoms with Gasteiger partial charge < -0.3 is 9.64 Å². The quantitative estimate of drug-likeness (QED) is 0.751. The number of ether oxygens (including phenoxy) is 1. The number of aryl methyl sites for hydroxylation is 1. The number of rotatable bonds is 6. The van der Waals surface area contributed by atoms with Crippen LogP contribution in [0.1, 0.15) is 63.4 Å². The highest BCUT2D eigenvalue weighted by molar-refractivity contribution is 7.15. The van der Waals surface area contributed by atoms with Gasteiger partial charge in [-0.3, -0.25) is 4.79 Å². The van der Waals surface area contributed by atoms with E-state index in [4.69, 9.17) is 9.72 Å². The molecule has 0 amide bonds. The van der Waals surface area contributed by atoms with Crippen LogP contribution in [0.25, 0.3) is 0 Å². The van der Waals surface area contributed by atoms with Crippen molar-refractivity contribution in [3.05, 3.63) is 10.6 Å². The number of carbonyl (C=O) groups is 1. The van der Waals surface area contributed by atoms with Gasteiger partial charge in [0.05, 0.1) is 12.3 Å². The maximum Gasteiger partial charge on any atom is 0.315 e. The molecule has 0 N–H and O–H groups in total. The van der Waals surface area contributed by atoms with E-state index in [2.05, 4.69) is 25.7 Å². The summed E-state index contributed by atoms with van der Waals surface area (Å²) in [5.41, 5.74) is 0.974. The molecule has 1 heterocycles. The van der Waals surface area contributed by atoms with Crippen molar-refractivity contribution in [1.82, 2.24) is 4.98 Å². The topological polar surface area (TPSA) is 42.4 Å². The van der Waals surface area contributed by atoms with Crippen LogP contribution in [0.15, 0.2) is 0 Å². The number of fused-ring (bicyclic) bond motifs is 1. The molecular formula is C16H26N2O2S. The SMILES string of the molecule is CCOC(=O)C1CCCc2sc(N(CC)C(C)CC)nc21. The van der Waals surface area contributed by atoms with Crippen LogP contribution in [0.4, 0.5) is 5.13 Å². The van der Waals surface area contributed by atoms with Gasteiger partial charge in [-0.1, -0.05) is 6.92 Å². The van der Waals surface area contributed by atoms with E-state index in [0.29, 0.717) is 12.6 Å². The summed E-state index contributed by atoms with van der Waals surface area (Å²) in [7, 11) is 0. The third-order valence-corrected chi connectivity index (χ3v) is 5.39. The third-order valence-electron chi connectivity index (χ3n) is 4.22. The van der Waals surface area contributed by atoms with E-state index >= 15 is 0 Å². The summed E-state index contributed by atoms with van der Waals surface area (Å²) in [6.45, 7) is 9.83. The van der Waals surface area contributed by atoms with E-state index in [1.165, 1.54) is 4.88 Å². The standard InChI is InChI=1S/C16H26N2O2S/c1-5-11(4)18(6-2)16-17-14-12(15(19)20-7-3)9-8-10-13(14)21-16/h11-12H,5-10H2,1-4H3. The normalized spacial score (nSPS) is 19.0. The lowest BCUT2D eigenvalue weighted by Gasteiger charge is -2.26. The number of thiazole rings is 1. The van der Waals surface area contributed by atoms with Crippen molar-refractivity contribution in [2.45, 2.75) is 65.3 Å². The van der Waals surface area contributed by atoms with Crippen molar-refractivity contribution in [3.8, 4) is 0 Å². The molecule has 5 heteroatoms. The maximum atomic E-state index is 12.1. The molecule has 0 fully saturated rings. The molecule has 0 bridgehead atoms. The molecular weight excluding hydrogens is 284 g/mol. The fourth-order valence-corrected chi connectivity index (χ4v) is 4.19. The monoisotopic (exact) mass is 310 g/mol. The van der Waals surface area contributed by atoms with Crippen molar-refractivity contribution >= 4 is 22.4 Å². The smallest absolute Gasteiger partial charge is 0.315 e. The summed E-state index contributed by atoms with van der Waals surface area (Å²) in [5, 5.41) is 1.06. The Labute approximate surface area is 131 Å². The van der Waals surface area contributed by atoms with Gasteiger partial charge in [-0.2, -0.15) is 0 Å². The molecule has 0 aromatic carbocycles. The van der Waals surface area contributed by atoms with Crippen molar-refractivity contribution in [2.24, 2.45) is 0 Å². The predicted octanol–water partition coefficient (Wildman–Crippen LogP) is 3.75. The molecule has 4 nitrogen and oxygen atoms in total. The van der Waals surface area contributed by atoms with E-state index < -0.39 is 0 Å². The van der Waals surface area contributed by atoms with Crippen molar-refractivity contribution in [1.29, 1.82) is 0 Å². The molecule has 2 unspecified atom stereocenters. The lowest BCUT2D eigenvalue weighted by molar-refractivity contribution is -0.145. The third kappa shape index (κ3) is 3.39. The zero-order chi connectivity index (χ0) is 15.4. The lowest BCUT2D eigenvalue weighted by atomic mass is 9.91. The molecule has 1 aliphatic rings. The Hall–Kier alpha value is -1.10. The van der Waals surface area contributed by atoms with Crippen LogP contribution in [-0.4, -0.2) is 30.1 Å². The predicted molar refractivity (Wildman–Crippen MR) is 87.2 cm³/mol. The van der Waals surface area contributed by atoms with Crippen LogP contribution in [-0.2, 0) is 16.0 Å². The van der Waals surface area contributed by atoms with Gasteiger partial charge in [-0.25, -0.2) is 4.98 Å². The van der Waals surface area contributed by atoms with E-state index in [9.17, 15) is 4.79 Å². The minimum Gasteiger partial charge on any atom is -0.465 e. The summed E-state index contributed by atoms with van der Waals surface area (Å²) in [4.78, 5) is 20.6. The first kappa shape index (κ1) is 16.3. The number of esters is 1. The van der Waals surface area contributed by atoms with Gasteiger partial charge in [0.2, 0.25) is 0 Å². The van der Waals surface area contributed by atoms with Crippen LogP contribution in [0.5, 0.6) is 0 Å². The average molecular weight is 310 g/mol. The van der Waals surface area contributed by atoms with Crippen LogP contribution in [0, 0.1) is 0 Å². The number of anilines is 1. The second kappa shape index (κ2) is 7.25. The second-order valence-electron chi connectivity index (χ2n) is 5.55. The summed E-state index contributed by atoms with van der Waals surface area (Å²) < 4.78 is 5.21. The highest BCUT2D eigenvalue weighted by Crippen LogP contribution is 2.39. The van der Waals surface area contributed by atoms with Crippen molar-refractivity contribution < 1.29 is 9.53 Å². The molecule has 1 aliphatic carbocycles. The maximum absolute atomic E-state index is 12.1. The summed E-state index contributed by atoms with van der Waals surface area (Å²) in [6.07, 6.45) is 4.05. The zero-order valence-electron chi connectivity index (χ0n) is 13.5. The Kier molecular flexibility index (Phi) is 5.62. The van der Waals surface area contributed by atoms with Crippen molar-refractivity contribution in [3.63, 3.8) is 0 Å². The van der Waals surface area contributed by atoms with Gasteiger partial charge >= 0.3 is 5.97 Å². The van der Waals surface area contributed by atoms with Crippen LogP contribution >= 0.6 is 11.3 Å². The number of nitrogens with zero attached hydrogens (tertiary/aromatic N) is 2. The van der Waals surface area contributed by atoms with E-state index in [1.54, 1.807) is 11.3 Å². The molecule has 1 aromatic heterocycles. The van der Waals surface area contributed by atoms with Crippen LogP contribution in [0.2, 0.25) is 0 Å². The first-order chi connectivity index (χ1) is 10.1. The first-order valence-electron chi connectivity index (χ1n) is 8.05. The van der Waals surface area contributed by atoms with Crippen LogP contribution in [0.3, 0.4) is 0 Å². The van der Waals surface area contributed by atoms with Gasteiger partial charge in [0.25, 0.3) is 0 Å². The largest absolute Gasteiger partial charge is 0.465 e. The molecule has 0 aliphatic heterocycles. The van der Waals surface area contributed by atoms with E-state index in [1.807, 2.05) is 6.92 Å². The Bertz CT molecular complexity index is 487. The minimum absolute atomic E-state index is 0.109. The molecule has 1 aromatic rings. The highest BCUT2D eigenvalue weighted by Gasteiger charge is 2.32. The number of hydrogen-bond acceptors (Lipinski definition) is 5. The van der Waals surface area contributed by atoms with Crippen LogP contribution < -0.4 is 4.90 Å². The fourth-order valence-electron chi connectivity index (χ4n) is 2.86. The molecule has 0 spiro atoms. The lowest BCUT2D eigenvalue weighted by Crippen LogP contribution is -2.32. The summed E-state index contributed by atoms with van der Waals surface area (Å²) in [5.74, 6) is -0.267. The van der Waals surface area contributed by atoms with Gasteiger partial charge in [0, 0.05) is 17.5 Å². The number of hydrogen-bond donors (Lipinski definition) is 0. The van der Waals surface area contributed by atoms with Gasteiger partial charge in [0.15, 0.2) is 5.13 Å². The second-order valence-corrected chi connectivity index (χ2v) is 6.61. The van der Waals surface area contributed by atoms with Gasteiger partial charge in [-0.05, 0) is 46.5 Å². The molecule has 2 atom stereocenters. The van der Waals surface area contributed by atoms with Crippen molar-refractivity contribution in [2.75, 3.05) is 18.1 Å². The molecule has 0 saturated heterocycles. The molecule has 21 heavy (non-hydrogen) atoms. The van der Waals surface area contributed by atoms with Gasteiger partial charge in [0.1, 0.15) is 5.92 Å². The molecule has 2 rings (SSSR count). The highest BCUT2D eigenvalue weighted by atomic mass is 32.1. The number of aromatic nitrogens is 1. The molecule has 118 valence electrons. The minimum atomic E-state index is -0.158. The molecule has 0 saturated carbocycles. The average Bonchev–Trinajstić information content (AvgIpc) is 2.91. The van der Waals surface area contributed by atoms with E-state index in [0.717, 1.165) is 43.1 Å². The Morgan fingerprint density at radius 2 is 2.24 bits per heavy atom. The zero-order valence-corrected chi connectivity index (χ0v) is 14.3. The summed E-state index contributed by atoms with van der Waals surface area (Å²) >= 11 is 1.76. The molecule has 0 radical (unpaired) electrons. The first-order valence-corrected chi connectivity index (χ1v) is 8.86. The Balaban J connectivity index is 2.28.